The standard InChI is InChI=1S/C11H17NS2/c1-3-9-4-5-10(14-9)11-12-8(2)6-7-13-11/h4-5,8,11-12H,3,6-7H2,1-2H3. The summed E-state index contributed by atoms with van der Waals surface area (Å²) in [6.45, 7) is 4.50. The van der Waals surface area contributed by atoms with Gasteiger partial charge in [-0.1, -0.05) is 6.92 Å². The van der Waals surface area contributed by atoms with Crippen molar-refractivity contribution in [1.82, 2.24) is 5.32 Å². The molecule has 1 nitrogen and oxygen atoms in total. The first-order valence-corrected chi connectivity index (χ1v) is 7.12. The van der Waals surface area contributed by atoms with Crippen LogP contribution in [0.1, 0.15) is 35.4 Å². The van der Waals surface area contributed by atoms with Crippen molar-refractivity contribution in [3.63, 3.8) is 0 Å². The van der Waals surface area contributed by atoms with E-state index in [1.165, 1.54) is 21.9 Å². The summed E-state index contributed by atoms with van der Waals surface area (Å²) in [7, 11) is 0. The molecule has 3 heteroatoms. The average molecular weight is 227 g/mol. The minimum absolute atomic E-state index is 0.545. The first-order valence-electron chi connectivity index (χ1n) is 5.26. The fourth-order valence-corrected chi connectivity index (χ4v) is 4.18. The van der Waals surface area contributed by atoms with Gasteiger partial charge in [-0.15, -0.1) is 23.1 Å². The zero-order chi connectivity index (χ0) is 9.97. The van der Waals surface area contributed by atoms with E-state index in [4.69, 9.17) is 0 Å². The van der Waals surface area contributed by atoms with Gasteiger partial charge in [0.2, 0.25) is 0 Å². The number of thioether (sulfide) groups is 1. The smallest absolute Gasteiger partial charge is 0.0884 e. The zero-order valence-electron chi connectivity index (χ0n) is 8.75. The summed E-state index contributed by atoms with van der Waals surface area (Å²) < 4.78 is 0. The van der Waals surface area contributed by atoms with Crippen molar-refractivity contribution in [2.75, 3.05) is 5.75 Å². The Kier molecular flexibility index (Phi) is 3.52. The molecule has 0 aliphatic carbocycles. The largest absolute Gasteiger partial charge is 0.298 e. The molecule has 14 heavy (non-hydrogen) atoms. The number of nitrogens with one attached hydrogen (secondary N) is 1. The van der Waals surface area contributed by atoms with Crippen LogP contribution in [0, 0.1) is 0 Å². The monoisotopic (exact) mass is 227 g/mol. The second kappa shape index (κ2) is 4.69. The van der Waals surface area contributed by atoms with Gasteiger partial charge < -0.3 is 0 Å². The lowest BCUT2D eigenvalue weighted by Crippen LogP contribution is -2.33. The zero-order valence-corrected chi connectivity index (χ0v) is 10.4. The predicted octanol–water partition coefficient (Wildman–Crippen LogP) is 3.42. The van der Waals surface area contributed by atoms with Crippen LogP contribution in [-0.4, -0.2) is 11.8 Å². The SMILES string of the molecule is CCc1ccc(C2NC(C)CCS2)s1. The second-order valence-corrected chi connectivity index (χ2v) is 6.18. The van der Waals surface area contributed by atoms with E-state index in [-0.39, 0.29) is 0 Å². The third-order valence-corrected chi connectivity index (χ3v) is 5.20. The van der Waals surface area contributed by atoms with Crippen LogP contribution in [0.5, 0.6) is 0 Å². The molecule has 0 amide bonds. The maximum absolute atomic E-state index is 3.64. The van der Waals surface area contributed by atoms with Gasteiger partial charge in [0, 0.05) is 15.8 Å². The number of rotatable bonds is 2. The van der Waals surface area contributed by atoms with E-state index in [0.29, 0.717) is 11.4 Å². The highest BCUT2D eigenvalue weighted by atomic mass is 32.2. The van der Waals surface area contributed by atoms with E-state index in [0.717, 1.165) is 6.42 Å². The highest BCUT2D eigenvalue weighted by Gasteiger charge is 2.20. The van der Waals surface area contributed by atoms with Gasteiger partial charge in [-0.2, -0.15) is 0 Å². The Morgan fingerprint density at radius 1 is 1.50 bits per heavy atom. The molecule has 0 bridgehead atoms. The van der Waals surface area contributed by atoms with Gasteiger partial charge in [0.1, 0.15) is 0 Å². The average Bonchev–Trinajstić information content (AvgIpc) is 2.66. The summed E-state index contributed by atoms with van der Waals surface area (Å²) in [6.07, 6.45) is 2.46. The van der Waals surface area contributed by atoms with E-state index in [2.05, 4.69) is 31.3 Å². The molecule has 2 atom stereocenters. The molecule has 0 aromatic carbocycles. The van der Waals surface area contributed by atoms with Gasteiger partial charge in [-0.3, -0.25) is 5.32 Å². The molecule has 1 aromatic rings. The van der Waals surface area contributed by atoms with Gasteiger partial charge in [0.15, 0.2) is 0 Å². The van der Waals surface area contributed by atoms with Gasteiger partial charge in [0.05, 0.1) is 5.37 Å². The Balaban J connectivity index is 2.06. The number of aryl methyl sites for hydroxylation is 1. The molecule has 1 fully saturated rings. The van der Waals surface area contributed by atoms with Crippen molar-refractivity contribution >= 4 is 23.1 Å². The molecular formula is C11H17NS2. The molecular weight excluding hydrogens is 210 g/mol. The third kappa shape index (κ3) is 2.33. The lowest BCUT2D eigenvalue weighted by Gasteiger charge is -2.27. The summed E-state index contributed by atoms with van der Waals surface area (Å²) in [5, 5.41) is 4.19. The third-order valence-electron chi connectivity index (χ3n) is 2.56. The van der Waals surface area contributed by atoms with Crippen LogP contribution in [0.15, 0.2) is 12.1 Å². The van der Waals surface area contributed by atoms with E-state index >= 15 is 0 Å². The first-order chi connectivity index (χ1) is 6.79. The van der Waals surface area contributed by atoms with Crippen LogP contribution >= 0.6 is 23.1 Å². The van der Waals surface area contributed by atoms with Crippen LogP contribution < -0.4 is 5.32 Å². The second-order valence-electron chi connectivity index (χ2n) is 3.76. The molecule has 2 heterocycles. The summed E-state index contributed by atoms with van der Waals surface area (Å²) in [5.41, 5.74) is 0. The highest BCUT2D eigenvalue weighted by molar-refractivity contribution is 7.99. The Morgan fingerprint density at radius 2 is 2.36 bits per heavy atom. The molecule has 1 aliphatic rings. The summed E-state index contributed by atoms with van der Waals surface area (Å²) >= 11 is 4.00. The topological polar surface area (TPSA) is 12.0 Å². The minimum atomic E-state index is 0.545. The van der Waals surface area contributed by atoms with Gasteiger partial charge in [-0.05, 0) is 37.7 Å². The lowest BCUT2D eigenvalue weighted by molar-refractivity contribution is 0.515. The van der Waals surface area contributed by atoms with Crippen molar-refractivity contribution in [2.45, 2.75) is 38.1 Å². The molecule has 0 saturated carbocycles. The number of hydrogen-bond acceptors (Lipinski definition) is 3. The van der Waals surface area contributed by atoms with Crippen LogP contribution in [0.25, 0.3) is 0 Å². The van der Waals surface area contributed by atoms with Crippen molar-refractivity contribution in [3.05, 3.63) is 21.9 Å². The molecule has 1 saturated heterocycles. The molecule has 2 rings (SSSR count). The van der Waals surface area contributed by atoms with Crippen molar-refractivity contribution in [3.8, 4) is 0 Å². The fourth-order valence-electron chi connectivity index (χ4n) is 1.64. The van der Waals surface area contributed by atoms with Gasteiger partial charge in [-0.25, -0.2) is 0 Å². The highest BCUT2D eigenvalue weighted by Crippen LogP contribution is 2.35. The first kappa shape index (κ1) is 10.5. The predicted molar refractivity (Wildman–Crippen MR) is 66.1 cm³/mol. The number of hydrogen-bond donors (Lipinski definition) is 1. The lowest BCUT2D eigenvalue weighted by atomic mass is 10.2. The summed E-state index contributed by atoms with van der Waals surface area (Å²) in [5.74, 6) is 1.29. The van der Waals surface area contributed by atoms with Gasteiger partial charge in [0.25, 0.3) is 0 Å². The summed E-state index contributed by atoms with van der Waals surface area (Å²) in [4.78, 5) is 3.00. The molecule has 78 valence electrons. The normalized spacial score (nSPS) is 27.9. The Morgan fingerprint density at radius 3 is 3.00 bits per heavy atom. The van der Waals surface area contributed by atoms with Gasteiger partial charge >= 0.3 is 0 Å². The maximum Gasteiger partial charge on any atom is 0.0884 e. The summed E-state index contributed by atoms with van der Waals surface area (Å²) in [6, 6.07) is 5.22. The Bertz CT molecular complexity index is 295. The van der Waals surface area contributed by atoms with E-state index < -0.39 is 0 Å². The number of thiophene rings is 1. The van der Waals surface area contributed by atoms with Crippen LogP contribution in [0.4, 0.5) is 0 Å². The van der Waals surface area contributed by atoms with Crippen molar-refractivity contribution in [1.29, 1.82) is 0 Å². The van der Waals surface area contributed by atoms with Crippen molar-refractivity contribution < 1.29 is 0 Å². The fraction of sp³-hybridized carbons (Fsp3) is 0.636. The maximum atomic E-state index is 3.64. The molecule has 1 aliphatic heterocycles. The molecule has 0 radical (unpaired) electrons. The molecule has 1 N–H and O–H groups in total. The van der Waals surface area contributed by atoms with Crippen LogP contribution in [0.3, 0.4) is 0 Å². The molecule has 0 spiro atoms. The van der Waals surface area contributed by atoms with E-state index in [1.54, 1.807) is 0 Å². The van der Waals surface area contributed by atoms with E-state index in [1.807, 2.05) is 23.1 Å². The Hall–Kier alpha value is 0.01000. The van der Waals surface area contributed by atoms with Crippen LogP contribution in [-0.2, 0) is 6.42 Å². The van der Waals surface area contributed by atoms with Crippen LogP contribution in [0.2, 0.25) is 0 Å². The quantitative estimate of drug-likeness (QED) is 0.831. The molecule has 1 aromatic heterocycles. The minimum Gasteiger partial charge on any atom is -0.298 e. The van der Waals surface area contributed by atoms with E-state index in [9.17, 15) is 0 Å². The van der Waals surface area contributed by atoms with Crippen molar-refractivity contribution in [2.24, 2.45) is 0 Å². The molecule has 2 unspecified atom stereocenters. The Labute approximate surface area is 94.3 Å².